The van der Waals surface area contributed by atoms with Gasteiger partial charge in [-0.3, -0.25) is 9.36 Å². The van der Waals surface area contributed by atoms with Crippen LogP contribution in [0.15, 0.2) is 0 Å². The van der Waals surface area contributed by atoms with Crippen LogP contribution >= 0.6 is 8.03 Å². The van der Waals surface area contributed by atoms with E-state index < -0.39 is 8.03 Å². The summed E-state index contributed by atoms with van der Waals surface area (Å²) in [4.78, 5) is 18.0. The Morgan fingerprint density at radius 1 is 1.86 bits per heavy atom. The number of ketones is 1. The Morgan fingerprint density at radius 3 is 2.29 bits per heavy atom. The van der Waals surface area contributed by atoms with Gasteiger partial charge in [0.1, 0.15) is 5.78 Å². The van der Waals surface area contributed by atoms with Crippen LogP contribution in [0.2, 0.25) is 0 Å². The van der Waals surface area contributed by atoms with Crippen molar-refractivity contribution in [2.24, 2.45) is 0 Å². The maximum atomic E-state index is 9.92. The Morgan fingerprint density at radius 2 is 2.29 bits per heavy atom. The molecule has 0 amide bonds. The van der Waals surface area contributed by atoms with E-state index in [1.54, 1.807) is 0 Å². The normalized spacial score (nSPS) is 13.4. The zero-order chi connectivity index (χ0) is 5.86. The molecular formula is C3H7O3P. The molecule has 0 saturated carbocycles. The van der Waals surface area contributed by atoms with Gasteiger partial charge in [-0.15, -0.1) is 0 Å². The SMILES string of the molecule is CC(=O)C[PH](=O)O. The van der Waals surface area contributed by atoms with Gasteiger partial charge in [-0.2, -0.15) is 0 Å². The van der Waals surface area contributed by atoms with Crippen LogP contribution in [0.4, 0.5) is 0 Å². The Balaban J connectivity index is 3.32. The van der Waals surface area contributed by atoms with Crippen LogP contribution in [0.1, 0.15) is 6.92 Å². The van der Waals surface area contributed by atoms with E-state index in [2.05, 4.69) is 0 Å². The fourth-order valence-electron chi connectivity index (χ4n) is 0.213. The first-order chi connectivity index (χ1) is 3.13. The molecule has 0 heterocycles. The van der Waals surface area contributed by atoms with Gasteiger partial charge in [0.15, 0.2) is 8.03 Å². The van der Waals surface area contributed by atoms with Crippen LogP contribution in [0.3, 0.4) is 0 Å². The fraction of sp³-hybridized carbons (Fsp3) is 0.667. The molecule has 1 unspecified atom stereocenters. The van der Waals surface area contributed by atoms with E-state index >= 15 is 0 Å². The molecule has 1 N–H and O–H groups in total. The summed E-state index contributed by atoms with van der Waals surface area (Å²) in [6.07, 6.45) is -0.176. The number of carbonyl (C=O) groups excluding carboxylic acids is 1. The topological polar surface area (TPSA) is 54.4 Å². The van der Waals surface area contributed by atoms with Gasteiger partial charge in [-0.05, 0) is 6.92 Å². The number of hydrogen-bond donors (Lipinski definition) is 1. The van der Waals surface area contributed by atoms with Crippen LogP contribution in [0, 0.1) is 0 Å². The van der Waals surface area contributed by atoms with E-state index in [-0.39, 0.29) is 11.9 Å². The van der Waals surface area contributed by atoms with Crippen molar-refractivity contribution in [1.29, 1.82) is 0 Å². The summed E-state index contributed by atoms with van der Waals surface area (Å²) in [7, 11) is -2.53. The Bertz CT molecular complexity index is 86.4. The highest BCUT2D eigenvalue weighted by Gasteiger charge is 1.94. The molecule has 0 aromatic carbocycles. The predicted octanol–water partition coefficient (Wildman–Crippen LogP) is 0.0424. The van der Waals surface area contributed by atoms with Crippen LogP contribution < -0.4 is 0 Å². The van der Waals surface area contributed by atoms with E-state index in [9.17, 15) is 9.36 Å². The van der Waals surface area contributed by atoms with E-state index in [0.29, 0.717) is 0 Å². The minimum atomic E-state index is -2.53. The molecule has 1 atom stereocenters. The second kappa shape index (κ2) is 2.94. The Labute approximate surface area is 42.2 Å². The molecule has 0 aliphatic carbocycles. The maximum Gasteiger partial charge on any atom is 0.196 e. The molecule has 0 fully saturated rings. The average molecular weight is 122 g/mol. The summed E-state index contributed by atoms with van der Waals surface area (Å²) in [5.74, 6) is -0.230. The smallest absolute Gasteiger partial charge is 0.196 e. The van der Waals surface area contributed by atoms with Crippen molar-refractivity contribution in [1.82, 2.24) is 0 Å². The lowest BCUT2D eigenvalue weighted by Gasteiger charge is -1.82. The van der Waals surface area contributed by atoms with Crippen molar-refractivity contribution < 1.29 is 14.3 Å². The minimum Gasteiger partial charge on any atom is -0.346 e. The van der Waals surface area contributed by atoms with Gasteiger partial charge in [0.05, 0.1) is 6.16 Å². The second-order valence-corrected chi connectivity index (χ2v) is 2.41. The molecule has 0 spiro atoms. The third-order valence-corrected chi connectivity index (χ3v) is 1.20. The number of carbonyl (C=O) groups is 1. The molecule has 0 aromatic heterocycles. The average Bonchev–Trinajstić information content (AvgIpc) is 1.27. The van der Waals surface area contributed by atoms with Crippen LogP contribution in [-0.4, -0.2) is 16.8 Å². The number of hydrogen-bond acceptors (Lipinski definition) is 2. The monoisotopic (exact) mass is 122 g/mol. The van der Waals surface area contributed by atoms with Crippen molar-refractivity contribution in [2.45, 2.75) is 6.92 Å². The van der Waals surface area contributed by atoms with Crippen molar-refractivity contribution in [3.8, 4) is 0 Å². The van der Waals surface area contributed by atoms with Gasteiger partial charge < -0.3 is 4.89 Å². The highest BCUT2D eigenvalue weighted by atomic mass is 31.1. The summed E-state index contributed by atoms with van der Waals surface area (Å²) in [6.45, 7) is 1.29. The van der Waals surface area contributed by atoms with Crippen molar-refractivity contribution in [3.05, 3.63) is 0 Å². The van der Waals surface area contributed by atoms with E-state index in [4.69, 9.17) is 4.89 Å². The zero-order valence-electron chi connectivity index (χ0n) is 3.97. The zero-order valence-corrected chi connectivity index (χ0v) is 4.97. The third kappa shape index (κ3) is 5.86. The molecule has 7 heavy (non-hydrogen) atoms. The summed E-state index contributed by atoms with van der Waals surface area (Å²) in [5, 5.41) is 0. The lowest BCUT2D eigenvalue weighted by atomic mass is 10.5. The molecule has 42 valence electrons. The summed E-state index contributed by atoms with van der Waals surface area (Å²) in [5.41, 5.74) is 0. The van der Waals surface area contributed by atoms with Crippen molar-refractivity contribution in [2.75, 3.05) is 6.16 Å². The minimum absolute atomic E-state index is 0.176. The third-order valence-electron chi connectivity index (χ3n) is 0.400. The molecule has 0 radical (unpaired) electrons. The molecule has 0 rings (SSSR count). The van der Waals surface area contributed by atoms with Crippen molar-refractivity contribution >= 4 is 13.8 Å². The molecule has 0 saturated heterocycles. The highest BCUT2D eigenvalue weighted by Crippen LogP contribution is 2.10. The fourth-order valence-corrected chi connectivity index (χ4v) is 0.639. The van der Waals surface area contributed by atoms with E-state index in [0.717, 1.165) is 0 Å². The standard InChI is InChI=1S/C3H7O3P/c1-3(4)2-7(5)6/h7H,2H2,1H3,(H,5,6). The Kier molecular flexibility index (Phi) is 2.88. The number of rotatable bonds is 2. The largest absolute Gasteiger partial charge is 0.346 e. The first-order valence-corrected chi connectivity index (χ1v) is 3.40. The van der Waals surface area contributed by atoms with Gasteiger partial charge in [0.25, 0.3) is 0 Å². The van der Waals surface area contributed by atoms with Gasteiger partial charge in [-0.25, -0.2) is 0 Å². The predicted molar refractivity (Wildman–Crippen MR) is 26.8 cm³/mol. The number of Topliss-reactive ketones (excluding diaryl/α,β-unsaturated/α-hetero) is 1. The van der Waals surface area contributed by atoms with Crippen LogP contribution in [-0.2, 0) is 9.36 Å². The first-order valence-electron chi connectivity index (χ1n) is 1.84. The van der Waals surface area contributed by atoms with Gasteiger partial charge in [-0.1, -0.05) is 0 Å². The van der Waals surface area contributed by atoms with Gasteiger partial charge in [0, 0.05) is 0 Å². The first kappa shape index (κ1) is 6.86. The molecule has 0 aromatic rings. The second-order valence-electron chi connectivity index (χ2n) is 1.27. The van der Waals surface area contributed by atoms with Crippen molar-refractivity contribution in [3.63, 3.8) is 0 Å². The van der Waals surface area contributed by atoms with E-state index in [1.165, 1.54) is 6.92 Å². The quantitative estimate of drug-likeness (QED) is 0.526. The molecule has 0 aliphatic rings. The molecule has 0 aliphatic heterocycles. The molecule has 3 nitrogen and oxygen atoms in total. The lowest BCUT2D eigenvalue weighted by Crippen LogP contribution is -1.91. The maximum absolute atomic E-state index is 9.92. The molecule has 0 bridgehead atoms. The summed E-state index contributed by atoms with van der Waals surface area (Å²) >= 11 is 0. The van der Waals surface area contributed by atoms with Gasteiger partial charge in [0.2, 0.25) is 0 Å². The lowest BCUT2D eigenvalue weighted by molar-refractivity contribution is -0.114. The Hall–Kier alpha value is -0.140. The summed E-state index contributed by atoms with van der Waals surface area (Å²) in [6, 6.07) is 0. The molecular weight excluding hydrogens is 115 g/mol. The highest BCUT2D eigenvalue weighted by molar-refractivity contribution is 7.39. The van der Waals surface area contributed by atoms with Crippen LogP contribution in [0.5, 0.6) is 0 Å². The van der Waals surface area contributed by atoms with E-state index in [1.807, 2.05) is 0 Å². The summed E-state index contributed by atoms with van der Waals surface area (Å²) < 4.78 is 9.77. The molecule has 4 heteroatoms. The van der Waals surface area contributed by atoms with Gasteiger partial charge >= 0.3 is 0 Å². The van der Waals surface area contributed by atoms with Crippen LogP contribution in [0.25, 0.3) is 0 Å².